The molecule has 1 aliphatic rings. The number of H-pyrrole nitrogens is 1. The molecule has 1 fully saturated rings. The Morgan fingerprint density at radius 2 is 2.17 bits per heavy atom. The van der Waals surface area contributed by atoms with E-state index in [1.165, 1.54) is 6.07 Å². The largest absolute Gasteiger partial charge is 0.461 e. The lowest BCUT2D eigenvalue weighted by Crippen LogP contribution is -2.24. The number of halogens is 2. The molecule has 4 heterocycles. The number of nitrogens with zero attached hydrogens (tertiary/aromatic N) is 4. The average Bonchev–Trinajstić information content (AvgIpc) is 3.44. The Hall–Kier alpha value is -3.49. The minimum Gasteiger partial charge on any atom is -0.461 e. The van der Waals surface area contributed by atoms with Crippen LogP contribution in [0.5, 0.6) is 0 Å². The number of hydrogen-bond donors (Lipinski definition) is 1. The Morgan fingerprint density at radius 1 is 1.30 bits per heavy atom. The Morgan fingerprint density at radius 3 is 3.00 bits per heavy atom. The van der Waals surface area contributed by atoms with Crippen molar-refractivity contribution in [2.24, 2.45) is 0 Å². The molecule has 0 unspecified atom stereocenters. The second-order valence-electron chi connectivity index (χ2n) is 7.24. The van der Waals surface area contributed by atoms with E-state index < -0.39 is 17.6 Å². The van der Waals surface area contributed by atoms with Gasteiger partial charge in [-0.05, 0) is 50.1 Å². The molecule has 0 spiro atoms. The van der Waals surface area contributed by atoms with Gasteiger partial charge >= 0.3 is 5.97 Å². The smallest absolute Gasteiger partial charge is 0.354 e. The molecule has 3 aromatic heterocycles. The zero-order valence-corrected chi connectivity index (χ0v) is 16.2. The highest BCUT2D eigenvalue weighted by atomic mass is 19.1. The maximum Gasteiger partial charge on any atom is 0.354 e. The van der Waals surface area contributed by atoms with Gasteiger partial charge in [-0.25, -0.2) is 23.1 Å². The van der Waals surface area contributed by atoms with Crippen LogP contribution >= 0.6 is 0 Å². The summed E-state index contributed by atoms with van der Waals surface area (Å²) in [6.45, 7) is 2.70. The monoisotopic (exact) mass is 411 g/mol. The highest BCUT2D eigenvalue weighted by Crippen LogP contribution is 2.37. The number of hydrogen-bond acceptors (Lipinski definition) is 5. The zero-order valence-electron chi connectivity index (χ0n) is 16.2. The summed E-state index contributed by atoms with van der Waals surface area (Å²) >= 11 is 0. The molecule has 0 saturated carbocycles. The maximum absolute atomic E-state index is 14.4. The van der Waals surface area contributed by atoms with Gasteiger partial charge in [-0.2, -0.15) is 0 Å². The number of benzene rings is 1. The molecule has 1 aliphatic heterocycles. The Balaban J connectivity index is 1.55. The van der Waals surface area contributed by atoms with Gasteiger partial charge in [0, 0.05) is 18.3 Å². The molecule has 4 aromatic rings. The number of aromatic amines is 1. The first-order valence-corrected chi connectivity index (χ1v) is 9.82. The SMILES string of the molecule is CCOC(=O)c1cc2c(nn3ccc(N4CCC[C@@H]4c4cc(F)ccc4F)nc23)[nH]1. The lowest BCUT2D eigenvalue weighted by Gasteiger charge is -2.26. The van der Waals surface area contributed by atoms with Crippen LogP contribution in [0.1, 0.15) is 41.9 Å². The molecule has 1 aromatic carbocycles. The van der Waals surface area contributed by atoms with Gasteiger partial charge in [0.25, 0.3) is 0 Å². The number of esters is 1. The number of anilines is 1. The van der Waals surface area contributed by atoms with E-state index in [1.54, 1.807) is 29.8 Å². The minimum atomic E-state index is -0.460. The van der Waals surface area contributed by atoms with Crippen molar-refractivity contribution in [3.05, 3.63) is 59.4 Å². The van der Waals surface area contributed by atoms with Crippen LogP contribution in [0.15, 0.2) is 36.5 Å². The summed E-state index contributed by atoms with van der Waals surface area (Å²) in [5.41, 5.74) is 1.74. The van der Waals surface area contributed by atoms with E-state index >= 15 is 0 Å². The summed E-state index contributed by atoms with van der Waals surface area (Å²) < 4.78 is 34.8. The molecule has 0 bridgehead atoms. The molecule has 5 rings (SSSR count). The van der Waals surface area contributed by atoms with E-state index in [-0.39, 0.29) is 12.6 Å². The molecule has 154 valence electrons. The normalized spacial score (nSPS) is 16.6. The second-order valence-corrected chi connectivity index (χ2v) is 7.24. The number of fused-ring (bicyclic) bond motifs is 3. The summed E-state index contributed by atoms with van der Waals surface area (Å²) in [7, 11) is 0. The van der Waals surface area contributed by atoms with E-state index in [0.29, 0.717) is 46.7 Å². The topological polar surface area (TPSA) is 75.5 Å². The van der Waals surface area contributed by atoms with Gasteiger partial charge in [0.15, 0.2) is 11.3 Å². The molecule has 0 amide bonds. The van der Waals surface area contributed by atoms with Crippen LogP contribution in [0.4, 0.5) is 14.6 Å². The molecule has 7 nitrogen and oxygen atoms in total. The van der Waals surface area contributed by atoms with Crippen molar-refractivity contribution in [3.63, 3.8) is 0 Å². The van der Waals surface area contributed by atoms with Gasteiger partial charge in [-0.15, -0.1) is 5.10 Å². The van der Waals surface area contributed by atoms with Gasteiger partial charge in [0.2, 0.25) is 0 Å². The van der Waals surface area contributed by atoms with Crippen molar-refractivity contribution in [1.82, 2.24) is 19.6 Å². The van der Waals surface area contributed by atoms with Crippen molar-refractivity contribution in [2.75, 3.05) is 18.1 Å². The summed E-state index contributed by atoms with van der Waals surface area (Å²) in [4.78, 5) is 21.7. The second kappa shape index (κ2) is 7.08. The van der Waals surface area contributed by atoms with Crippen LogP contribution in [-0.4, -0.2) is 38.7 Å². The first-order chi connectivity index (χ1) is 14.5. The lowest BCUT2D eigenvalue weighted by atomic mass is 10.0. The number of nitrogens with one attached hydrogen (secondary N) is 1. The van der Waals surface area contributed by atoms with Gasteiger partial charge in [-0.3, -0.25) is 0 Å². The summed E-state index contributed by atoms with van der Waals surface area (Å²) in [6, 6.07) is 6.72. The van der Waals surface area contributed by atoms with Crippen molar-refractivity contribution in [1.29, 1.82) is 0 Å². The zero-order chi connectivity index (χ0) is 20.8. The fourth-order valence-corrected chi connectivity index (χ4v) is 4.08. The van der Waals surface area contributed by atoms with E-state index in [1.807, 2.05) is 4.90 Å². The van der Waals surface area contributed by atoms with Crippen LogP contribution in [0, 0.1) is 11.6 Å². The number of carbonyl (C=O) groups is 1. The fourth-order valence-electron chi connectivity index (χ4n) is 4.08. The predicted molar refractivity (Wildman–Crippen MR) is 106 cm³/mol. The molecule has 9 heteroatoms. The molecular weight excluding hydrogens is 392 g/mol. The van der Waals surface area contributed by atoms with Gasteiger partial charge in [-0.1, -0.05) is 0 Å². The quantitative estimate of drug-likeness (QED) is 0.514. The van der Waals surface area contributed by atoms with Gasteiger partial charge in [0.1, 0.15) is 23.1 Å². The number of ether oxygens (including phenoxy) is 1. The third-order valence-corrected chi connectivity index (χ3v) is 5.41. The minimum absolute atomic E-state index is 0.278. The molecule has 1 atom stereocenters. The van der Waals surface area contributed by atoms with Crippen LogP contribution in [-0.2, 0) is 4.74 Å². The molecular formula is C21H19F2N5O2. The van der Waals surface area contributed by atoms with Crippen LogP contribution in [0.25, 0.3) is 16.7 Å². The van der Waals surface area contributed by atoms with Crippen LogP contribution in [0.3, 0.4) is 0 Å². The Labute approximate surface area is 170 Å². The van der Waals surface area contributed by atoms with Crippen LogP contribution < -0.4 is 4.90 Å². The first kappa shape index (κ1) is 18.5. The van der Waals surface area contributed by atoms with Gasteiger partial charge < -0.3 is 14.6 Å². The van der Waals surface area contributed by atoms with Crippen molar-refractivity contribution in [3.8, 4) is 0 Å². The molecule has 0 aliphatic carbocycles. The molecule has 30 heavy (non-hydrogen) atoms. The molecule has 1 saturated heterocycles. The number of aromatic nitrogens is 4. The summed E-state index contributed by atoms with van der Waals surface area (Å²) in [5.74, 6) is -0.691. The highest BCUT2D eigenvalue weighted by molar-refractivity contribution is 5.99. The Kier molecular flexibility index (Phi) is 4.38. The first-order valence-electron chi connectivity index (χ1n) is 9.82. The predicted octanol–water partition coefficient (Wildman–Crippen LogP) is 4.01. The van der Waals surface area contributed by atoms with Crippen molar-refractivity contribution in [2.45, 2.75) is 25.8 Å². The molecule has 0 radical (unpaired) electrons. The van der Waals surface area contributed by atoms with E-state index in [2.05, 4.69) is 10.1 Å². The maximum atomic E-state index is 14.4. The highest BCUT2D eigenvalue weighted by Gasteiger charge is 2.30. The Bertz CT molecular complexity index is 1270. The van der Waals surface area contributed by atoms with E-state index in [0.717, 1.165) is 18.6 Å². The molecule has 1 N–H and O–H groups in total. The third-order valence-electron chi connectivity index (χ3n) is 5.41. The van der Waals surface area contributed by atoms with Crippen molar-refractivity contribution >= 4 is 28.5 Å². The lowest BCUT2D eigenvalue weighted by molar-refractivity contribution is 0.0520. The standard InChI is InChI=1S/C21H19F2N5O2/c1-2-30-21(29)16-11-14-19(24-16)26-28-9-7-18(25-20(14)28)27-8-3-4-17(27)13-10-12(22)5-6-15(13)23/h5-7,9-11,17H,2-4,8H2,1H3,(H,24,26)/t17-/m1/s1. The summed E-state index contributed by atoms with van der Waals surface area (Å²) in [5, 5.41) is 5.10. The van der Waals surface area contributed by atoms with E-state index in [4.69, 9.17) is 9.72 Å². The fraction of sp³-hybridized carbons (Fsp3) is 0.286. The van der Waals surface area contributed by atoms with Gasteiger partial charge in [0.05, 0.1) is 18.0 Å². The summed E-state index contributed by atoms with van der Waals surface area (Å²) in [6.07, 6.45) is 3.32. The van der Waals surface area contributed by atoms with Crippen molar-refractivity contribution < 1.29 is 18.3 Å². The number of rotatable bonds is 4. The number of carbonyl (C=O) groups excluding carboxylic acids is 1. The van der Waals surface area contributed by atoms with E-state index in [9.17, 15) is 13.6 Å². The average molecular weight is 411 g/mol. The van der Waals surface area contributed by atoms with Crippen LogP contribution in [0.2, 0.25) is 0 Å². The third kappa shape index (κ3) is 2.97.